The van der Waals surface area contributed by atoms with Gasteiger partial charge in [0.2, 0.25) is 5.91 Å². The summed E-state index contributed by atoms with van der Waals surface area (Å²) in [5, 5.41) is 21.7. The van der Waals surface area contributed by atoms with Gasteiger partial charge in [0, 0.05) is 22.7 Å². The molecule has 3 aromatic rings. The van der Waals surface area contributed by atoms with Gasteiger partial charge >= 0.3 is 5.97 Å². The monoisotopic (exact) mass is 478 g/mol. The van der Waals surface area contributed by atoms with Gasteiger partial charge in [-0.15, -0.1) is 0 Å². The van der Waals surface area contributed by atoms with Gasteiger partial charge in [-0.05, 0) is 57.5 Å². The summed E-state index contributed by atoms with van der Waals surface area (Å²) in [6.07, 6.45) is 0. The average molecular weight is 479 g/mol. The Bertz CT molecular complexity index is 1320. The number of carboxylic acids is 1. The van der Waals surface area contributed by atoms with E-state index in [0.717, 1.165) is 22.8 Å². The number of carbonyl (C=O) groups excluding carboxylic acids is 2. The Hall–Kier alpha value is -3.46. The number of phenolic OH excluding ortho intramolecular Hbond substituents is 1. The molecule has 0 saturated heterocycles. The van der Waals surface area contributed by atoms with Gasteiger partial charge in [-0.2, -0.15) is 0 Å². The lowest BCUT2D eigenvalue weighted by Crippen LogP contribution is -2.50. The summed E-state index contributed by atoms with van der Waals surface area (Å²) in [6.45, 7) is 5.64. The number of aromatic nitrogens is 1. The van der Waals surface area contributed by atoms with Crippen molar-refractivity contribution < 1.29 is 33.4 Å². The molecule has 33 heavy (non-hydrogen) atoms. The van der Waals surface area contributed by atoms with Crippen molar-refractivity contribution in [2.45, 2.75) is 39.2 Å². The number of benzene rings is 2. The SMILES string of the molecule is Cc1c(C(C)C(=O)NC(C)(C)C(=O)O)c2cc(O)c(F)cc2n1C(=O)c1ccc(Cl)c(F)c1. The summed E-state index contributed by atoms with van der Waals surface area (Å²) in [5.41, 5.74) is -1.06. The molecular formula is C23H21ClF2N2O5. The standard InChI is InChI=1S/C23H21ClF2N2O5/c1-10(20(30)27-23(3,4)22(32)33)19-11(2)28(17-9-16(26)18(29)8-13(17)19)21(31)12-5-6-14(24)15(25)7-12/h5-10,29H,1-4H3,(H,27,30)(H,32,33). The third kappa shape index (κ3) is 4.28. The number of nitrogens with one attached hydrogen (secondary N) is 1. The van der Waals surface area contributed by atoms with Crippen LogP contribution in [0.1, 0.15) is 48.3 Å². The van der Waals surface area contributed by atoms with Crippen LogP contribution in [0.25, 0.3) is 10.9 Å². The highest BCUT2D eigenvalue weighted by atomic mass is 35.5. The topological polar surface area (TPSA) is 109 Å². The van der Waals surface area contributed by atoms with Gasteiger partial charge in [-0.1, -0.05) is 11.6 Å². The number of amides is 1. The third-order valence-electron chi connectivity index (χ3n) is 5.49. The number of aromatic hydroxyl groups is 1. The van der Waals surface area contributed by atoms with E-state index >= 15 is 0 Å². The van der Waals surface area contributed by atoms with E-state index < -0.39 is 46.6 Å². The zero-order chi connectivity index (χ0) is 24.8. The lowest BCUT2D eigenvalue weighted by Gasteiger charge is -2.23. The first kappa shape index (κ1) is 24.2. The molecule has 1 amide bonds. The average Bonchev–Trinajstić information content (AvgIpc) is 2.99. The number of rotatable bonds is 5. The Morgan fingerprint density at radius 3 is 2.33 bits per heavy atom. The molecule has 1 heterocycles. The highest BCUT2D eigenvalue weighted by Gasteiger charge is 2.33. The Kier molecular flexibility index (Phi) is 6.21. The minimum absolute atomic E-state index is 0.0512. The van der Waals surface area contributed by atoms with E-state index in [1.807, 2.05) is 0 Å². The number of aliphatic carboxylic acids is 1. The molecule has 0 bridgehead atoms. The van der Waals surface area contributed by atoms with Crippen LogP contribution in [0.4, 0.5) is 8.78 Å². The molecule has 2 aromatic carbocycles. The molecule has 3 N–H and O–H groups in total. The van der Waals surface area contributed by atoms with Crippen molar-refractivity contribution in [3.8, 4) is 5.75 Å². The first-order valence-electron chi connectivity index (χ1n) is 9.84. The van der Waals surface area contributed by atoms with Crippen LogP contribution < -0.4 is 5.32 Å². The highest BCUT2D eigenvalue weighted by Crippen LogP contribution is 2.36. The summed E-state index contributed by atoms with van der Waals surface area (Å²) in [7, 11) is 0. The van der Waals surface area contributed by atoms with Gasteiger partial charge in [0.05, 0.1) is 16.5 Å². The largest absolute Gasteiger partial charge is 0.505 e. The minimum atomic E-state index is -1.57. The molecule has 0 aliphatic heterocycles. The van der Waals surface area contributed by atoms with Crippen molar-refractivity contribution in [3.63, 3.8) is 0 Å². The van der Waals surface area contributed by atoms with E-state index in [9.17, 15) is 33.4 Å². The summed E-state index contributed by atoms with van der Waals surface area (Å²) in [4.78, 5) is 37.5. The number of fused-ring (bicyclic) bond motifs is 1. The van der Waals surface area contributed by atoms with Crippen LogP contribution in [0.5, 0.6) is 5.75 Å². The maximum Gasteiger partial charge on any atom is 0.328 e. The smallest absolute Gasteiger partial charge is 0.328 e. The van der Waals surface area contributed by atoms with Crippen molar-refractivity contribution in [1.82, 2.24) is 9.88 Å². The summed E-state index contributed by atoms with van der Waals surface area (Å²) < 4.78 is 29.3. The van der Waals surface area contributed by atoms with Crippen molar-refractivity contribution in [2.24, 2.45) is 0 Å². The quantitative estimate of drug-likeness (QED) is 0.505. The summed E-state index contributed by atoms with van der Waals surface area (Å²) in [5.74, 6) is -6.09. The second-order valence-corrected chi connectivity index (χ2v) is 8.64. The van der Waals surface area contributed by atoms with Crippen LogP contribution in [0, 0.1) is 18.6 Å². The number of carbonyl (C=O) groups is 3. The number of halogens is 3. The van der Waals surface area contributed by atoms with Gasteiger partial charge in [0.15, 0.2) is 11.6 Å². The lowest BCUT2D eigenvalue weighted by atomic mass is 9.95. The van der Waals surface area contributed by atoms with Crippen molar-refractivity contribution in [2.75, 3.05) is 0 Å². The molecule has 7 nitrogen and oxygen atoms in total. The zero-order valence-corrected chi connectivity index (χ0v) is 18.9. The molecule has 10 heteroatoms. The normalized spacial score (nSPS) is 12.6. The molecular weight excluding hydrogens is 458 g/mol. The molecule has 0 fully saturated rings. The first-order valence-corrected chi connectivity index (χ1v) is 10.2. The van der Waals surface area contributed by atoms with E-state index in [2.05, 4.69) is 5.32 Å². The molecule has 3 rings (SSSR count). The van der Waals surface area contributed by atoms with E-state index in [1.54, 1.807) is 0 Å². The fourth-order valence-electron chi connectivity index (χ4n) is 3.62. The predicted octanol–water partition coefficient (Wildman–Crippen LogP) is 4.36. The van der Waals surface area contributed by atoms with Gasteiger partial charge in [0.1, 0.15) is 11.4 Å². The van der Waals surface area contributed by atoms with E-state index in [-0.39, 0.29) is 32.7 Å². The molecule has 174 valence electrons. The van der Waals surface area contributed by atoms with Gasteiger partial charge in [-0.25, -0.2) is 13.6 Å². The molecule has 0 aliphatic rings. The minimum Gasteiger partial charge on any atom is -0.505 e. The summed E-state index contributed by atoms with van der Waals surface area (Å²) >= 11 is 5.69. The van der Waals surface area contributed by atoms with Crippen LogP contribution in [-0.2, 0) is 9.59 Å². The molecule has 0 saturated carbocycles. The Balaban J connectivity index is 2.21. The fraction of sp³-hybridized carbons (Fsp3) is 0.261. The number of hydrogen-bond donors (Lipinski definition) is 3. The first-order chi connectivity index (χ1) is 15.3. The molecule has 0 aliphatic carbocycles. The van der Waals surface area contributed by atoms with Crippen LogP contribution in [0.2, 0.25) is 5.02 Å². The highest BCUT2D eigenvalue weighted by molar-refractivity contribution is 6.30. The maximum atomic E-state index is 14.2. The molecule has 1 unspecified atom stereocenters. The molecule has 1 atom stereocenters. The molecule has 0 spiro atoms. The van der Waals surface area contributed by atoms with Crippen molar-refractivity contribution in [3.05, 3.63) is 63.8 Å². The maximum absolute atomic E-state index is 14.2. The summed E-state index contributed by atoms with van der Waals surface area (Å²) in [6, 6.07) is 5.49. The second kappa shape index (κ2) is 8.47. The van der Waals surface area contributed by atoms with Gasteiger partial charge < -0.3 is 15.5 Å². The lowest BCUT2D eigenvalue weighted by molar-refractivity contribution is -0.146. The number of nitrogens with zero attached hydrogens (tertiary/aromatic N) is 1. The fourth-order valence-corrected chi connectivity index (χ4v) is 3.73. The van der Waals surface area contributed by atoms with Gasteiger partial charge in [-0.3, -0.25) is 14.2 Å². The van der Waals surface area contributed by atoms with Crippen LogP contribution in [0.15, 0.2) is 30.3 Å². The second-order valence-electron chi connectivity index (χ2n) is 8.23. The Morgan fingerprint density at radius 2 is 1.76 bits per heavy atom. The Morgan fingerprint density at radius 1 is 1.12 bits per heavy atom. The zero-order valence-electron chi connectivity index (χ0n) is 18.2. The number of phenols is 1. The van der Waals surface area contributed by atoms with E-state index in [0.29, 0.717) is 0 Å². The van der Waals surface area contributed by atoms with Gasteiger partial charge in [0.25, 0.3) is 5.91 Å². The van der Waals surface area contributed by atoms with Crippen LogP contribution in [0.3, 0.4) is 0 Å². The Labute approximate surface area is 192 Å². The number of hydrogen-bond acceptors (Lipinski definition) is 4. The molecule has 0 radical (unpaired) electrons. The van der Waals surface area contributed by atoms with Crippen LogP contribution in [-0.4, -0.2) is 38.1 Å². The van der Waals surface area contributed by atoms with E-state index in [1.165, 1.54) is 39.8 Å². The van der Waals surface area contributed by atoms with Crippen LogP contribution >= 0.6 is 11.6 Å². The molecule has 1 aromatic heterocycles. The van der Waals surface area contributed by atoms with Crippen molar-refractivity contribution in [1.29, 1.82) is 0 Å². The number of carboxylic acid groups (broad SMARTS) is 1. The van der Waals surface area contributed by atoms with E-state index in [4.69, 9.17) is 11.6 Å². The van der Waals surface area contributed by atoms with Crippen molar-refractivity contribution >= 4 is 40.3 Å². The predicted molar refractivity (Wildman–Crippen MR) is 118 cm³/mol. The third-order valence-corrected chi connectivity index (χ3v) is 5.79.